The molecule has 0 saturated carbocycles. The minimum absolute atomic E-state index is 0.0269. The van der Waals surface area contributed by atoms with E-state index in [1.165, 1.54) is 17.2 Å². The first kappa shape index (κ1) is 14.1. The molecule has 2 rings (SSSR count). The smallest absolute Gasteiger partial charge is 0.261 e. The summed E-state index contributed by atoms with van der Waals surface area (Å²) in [5.41, 5.74) is 6.80. The van der Waals surface area contributed by atoms with Gasteiger partial charge in [0.2, 0.25) is 0 Å². The van der Waals surface area contributed by atoms with Gasteiger partial charge in [-0.2, -0.15) is 0 Å². The predicted octanol–water partition coefficient (Wildman–Crippen LogP) is 2.13. The van der Waals surface area contributed by atoms with Crippen molar-refractivity contribution >= 4 is 28.8 Å². The van der Waals surface area contributed by atoms with Gasteiger partial charge in [-0.25, -0.2) is 4.39 Å². The summed E-state index contributed by atoms with van der Waals surface area (Å²) in [5, 5.41) is 0. The minimum atomic E-state index is -0.649. The molecule has 2 aromatic rings. The van der Waals surface area contributed by atoms with Gasteiger partial charge in [0, 0.05) is 24.5 Å². The van der Waals surface area contributed by atoms with Crippen LogP contribution >= 0.6 is 12.2 Å². The van der Waals surface area contributed by atoms with Gasteiger partial charge in [-0.3, -0.25) is 9.78 Å². The van der Waals surface area contributed by atoms with Crippen LogP contribution in [0.3, 0.4) is 0 Å². The first-order valence-corrected chi connectivity index (χ1v) is 6.19. The van der Waals surface area contributed by atoms with E-state index in [-0.39, 0.29) is 10.6 Å². The molecule has 0 aliphatic rings. The van der Waals surface area contributed by atoms with Crippen molar-refractivity contribution in [2.24, 2.45) is 5.73 Å². The fourth-order valence-corrected chi connectivity index (χ4v) is 1.83. The molecular formula is C14H12FN3OS. The highest BCUT2D eigenvalue weighted by Gasteiger charge is 2.17. The molecule has 0 aliphatic carbocycles. The Balaban J connectivity index is 2.27. The number of hydrogen-bond donors (Lipinski definition) is 1. The molecule has 0 radical (unpaired) electrons. The average molecular weight is 289 g/mol. The van der Waals surface area contributed by atoms with Crippen molar-refractivity contribution in [2.75, 3.05) is 11.9 Å². The van der Waals surface area contributed by atoms with Crippen molar-refractivity contribution in [3.63, 3.8) is 0 Å². The summed E-state index contributed by atoms with van der Waals surface area (Å²) in [6, 6.07) is 8.17. The van der Waals surface area contributed by atoms with Crippen LogP contribution in [-0.2, 0) is 0 Å². The van der Waals surface area contributed by atoms with E-state index in [9.17, 15) is 9.18 Å². The van der Waals surface area contributed by atoms with Crippen LogP contribution in [0.4, 0.5) is 10.1 Å². The Labute approximate surface area is 121 Å². The maximum absolute atomic E-state index is 13.5. The van der Waals surface area contributed by atoms with Crippen LogP contribution in [0.2, 0.25) is 0 Å². The number of anilines is 1. The summed E-state index contributed by atoms with van der Waals surface area (Å²) < 4.78 is 13.5. The molecule has 1 aromatic heterocycles. The zero-order valence-corrected chi connectivity index (χ0v) is 11.5. The number of nitrogens with zero attached hydrogens (tertiary/aromatic N) is 2. The van der Waals surface area contributed by atoms with E-state index >= 15 is 0 Å². The summed E-state index contributed by atoms with van der Waals surface area (Å²) in [6.07, 6.45) is 2.39. The van der Waals surface area contributed by atoms with E-state index in [2.05, 4.69) is 4.98 Å². The molecule has 0 atom stereocenters. The summed E-state index contributed by atoms with van der Waals surface area (Å²) in [6.45, 7) is 0. The summed E-state index contributed by atoms with van der Waals surface area (Å²) in [7, 11) is 1.57. The Kier molecular flexibility index (Phi) is 4.05. The highest BCUT2D eigenvalue weighted by atomic mass is 32.1. The summed E-state index contributed by atoms with van der Waals surface area (Å²) in [5.74, 6) is -1.10. The molecule has 4 nitrogen and oxygen atoms in total. The van der Waals surface area contributed by atoms with Crippen molar-refractivity contribution < 1.29 is 9.18 Å². The third-order valence-corrected chi connectivity index (χ3v) is 3.08. The first-order valence-electron chi connectivity index (χ1n) is 5.78. The van der Waals surface area contributed by atoms with Gasteiger partial charge in [0.05, 0.1) is 11.8 Å². The number of amides is 1. The molecule has 0 unspecified atom stereocenters. The van der Waals surface area contributed by atoms with Crippen molar-refractivity contribution in [3.8, 4) is 0 Å². The van der Waals surface area contributed by atoms with Crippen LogP contribution in [0.15, 0.2) is 42.7 Å². The van der Waals surface area contributed by atoms with Crippen molar-refractivity contribution in [1.82, 2.24) is 4.98 Å². The molecule has 102 valence electrons. The fraction of sp³-hybridized carbons (Fsp3) is 0.0714. The summed E-state index contributed by atoms with van der Waals surface area (Å²) >= 11 is 4.86. The number of thiocarbonyl (C=S) groups is 1. The number of nitrogens with two attached hydrogens (primary N) is 1. The lowest BCUT2D eigenvalue weighted by atomic mass is 10.1. The van der Waals surface area contributed by atoms with E-state index < -0.39 is 11.7 Å². The van der Waals surface area contributed by atoms with Crippen LogP contribution in [0, 0.1) is 5.82 Å². The molecule has 0 spiro atoms. The van der Waals surface area contributed by atoms with E-state index in [1.54, 1.807) is 31.3 Å². The van der Waals surface area contributed by atoms with Gasteiger partial charge in [0.25, 0.3) is 5.91 Å². The number of rotatable bonds is 3. The lowest BCUT2D eigenvalue weighted by Gasteiger charge is -2.18. The van der Waals surface area contributed by atoms with Gasteiger partial charge in [0.1, 0.15) is 4.99 Å². The second-order valence-corrected chi connectivity index (χ2v) is 4.57. The number of halogens is 1. The highest BCUT2D eigenvalue weighted by Crippen LogP contribution is 2.17. The average Bonchev–Trinajstić information content (AvgIpc) is 2.46. The van der Waals surface area contributed by atoms with E-state index in [0.29, 0.717) is 11.3 Å². The van der Waals surface area contributed by atoms with Gasteiger partial charge >= 0.3 is 0 Å². The Bertz CT molecular complexity index is 658. The van der Waals surface area contributed by atoms with Crippen LogP contribution in [-0.4, -0.2) is 22.9 Å². The van der Waals surface area contributed by atoms with Crippen LogP contribution in [0.1, 0.15) is 15.9 Å². The number of carbonyl (C=O) groups is 1. The van der Waals surface area contributed by atoms with E-state index in [1.807, 2.05) is 0 Å². The quantitative estimate of drug-likeness (QED) is 0.879. The molecule has 1 amide bonds. The van der Waals surface area contributed by atoms with E-state index in [0.717, 1.165) is 6.20 Å². The molecule has 0 aliphatic heterocycles. The SMILES string of the molecule is CN(C(=O)c1ccncc1F)c1ccc(C(N)=S)cc1. The highest BCUT2D eigenvalue weighted by molar-refractivity contribution is 7.80. The Hall–Kier alpha value is -2.34. The standard InChI is InChI=1S/C14H12FN3OS/c1-18(10-4-2-9(3-5-10)13(16)20)14(19)11-6-7-17-8-12(11)15/h2-8H,1H3,(H2,16,20). The van der Waals surface area contributed by atoms with Gasteiger partial charge in [-0.05, 0) is 30.3 Å². The Morgan fingerprint density at radius 3 is 2.50 bits per heavy atom. The number of hydrogen-bond acceptors (Lipinski definition) is 3. The summed E-state index contributed by atoms with van der Waals surface area (Å²) in [4.78, 5) is 17.4. The van der Waals surface area contributed by atoms with E-state index in [4.69, 9.17) is 18.0 Å². The zero-order chi connectivity index (χ0) is 14.7. The second-order valence-electron chi connectivity index (χ2n) is 4.13. The maximum atomic E-state index is 13.5. The Morgan fingerprint density at radius 1 is 1.30 bits per heavy atom. The monoisotopic (exact) mass is 289 g/mol. The van der Waals surface area contributed by atoms with Crippen molar-refractivity contribution in [1.29, 1.82) is 0 Å². The van der Waals surface area contributed by atoms with Crippen LogP contribution < -0.4 is 10.6 Å². The molecule has 20 heavy (non-hydrogen) atoms. The number of carbonyl (C=O) groups excluding carboxylic acids is 1. The predicted molar refractivity (Wildman–Crippen MR) is 79.3 cm³/mol. The largest absolute Gasteiger partial charge is 0.389 e. The molecule has 0 bridgehead atoms. The van der Waals surface area contributed by atoms with Crippen LogP contribution in [0.25, 0.3) is 0 Å². The maximum Gasteiger partial charge on any atom is 0.261 e. The molecule has 0 saturated heterocycles. The lowest BCUT2D eigenvalue weighted by Crippen LogP contribution is -2.27. The number of aromatic nitrogens is 1. The van der Waals surface area contributed by atoms with Gasteiger partial charge in [-0.1, -0.05) is 12.2 Å². The number of pyridine rings is 1. The number of benzene rings is 1. The molecule has 6 heteroatoms. The van der Waals surface area contributed by atoms with Gasteiger partial charge in [0.15, 0.2) is 5.82 Å². The molecule has 1 aromatic carbocycles. The molecule has 0 fully saturated rings. The first-order chi connectivity index (χ1) is 9.50. The Morgan fingerprint density at radius 2 is 1.95 bits per heavy atom. The molecule has 1 heterocycles. The topological polar surface area (TPSA) is 59.2 Å². The van der Waals surface area contributed by atoms with Gasteiger partial charge < -0.3 is 10.6 Å². The van der Waals surface area contributed by atoms with Crippen molar-refractivity contribution in [2.45, 2.75) is 0 Å². The third-order valence-electron chi connectivity index (χ3n) is 2.85. The van der Waals surface area contributed by atoms with Gasteiger partial charge in [-0.15, -0.1) is 0 Å². The second kappa shape index (κ2) is 5.75. The normalized spacial score (nSPS) is 10.1. The minimum Gasteiger partial charge on any atom is -0.389 e. The fourth-order valence-electron chi connectivity index (χ4n) is 1.70. The third kappa shape index (κ3) is 2.80. The zero-order valence-electron chi connectivity index (χ0n) is 10.7. The van der Waals surface area contributed by atoms with Crippen molar-refractivity contribution in [3.05, 3.63) is 59.7 Å². The lowest BCUT2D eigenvalue weighted by molar-refractivity contribution is 0.0989. The molecular weight excluding hydrogens is 277 g/mol. The van der Waals surface area contributed by atoms with Crippen LogP contribution in [0.5, 0.6) is 0 Å². The molecule has 2 N–H and O–H groups in total.